The van der Waals surface area contributed by atoms with Crippen molar-refractivity contribution in [2.75, 3.05) is 11.9 Å². The van der Waals surface area contributed by atoms with Crippen LogP contribution in [0.15, 0.2) is 6.33 Å². The topological polar surface area (TPSA) is 75.1 Å². The maximum atomic E-state index is 10.6. The lowest BCUT2D eigenvalue weighted by Gasteiger charge is -2.19. The molecule has 0 saturated carbocycles. The Morgan fingerprint density at radius 2 is 2.14 bits per heavy atom. The first-order valence-corrected chi connectivity index (χ1v) is 7.99. The molecule has 116 valence electrons. The summed E-state index contributed by atoms with van der Waals surface area (Å²) in [6, 6.07) is 0. The fourth-order valence-electron chi connectivity index (χ4n) is 2.95. The van der Waals surface area contributed by atoms with E-state index in [4.69, 9.17) is 5.11 Å². The van der Waals surface area contributed by atoms with Crippen LogP contribution in [-0.4, -0.2) is 27.6 Å². The van der Waals surface area contributed by atoms with E-state index in [-0.39, 0.29) is 6.42 Å². The third kappa shape index (κ3) is 4.69. The highest BCUT2D eigenvalue weighted by Crippen LogP contribution is 2.24. The highest BCUT2D eigenvalue weighted by Gasteiger charge is 2.15. The summed E-state index contributed by atoms with van der Waals surface area (Å²) in [7, 11) is 0. The minimum absolute atomic E-state index is 0.265. The third-order valence-corrected chi connectivity index (χ3v) is 4.31. The maximum Gasteiger partial charge on any atom is 0.303 e. The molecule has 2 N–H and O–H groups in total. The fourth-order valence-corrected chi connectivity index (χ4v) is 2.95. The Labute approximate surface area is 126 Å². The zero-order valence-electron chi connectivity index (χ0n) is 12.8. The first-order chi connectivity index (χ1) is 10.2. The molecule has 0 radical (unpaired) electrons. The summed E-state index contributed by atoms with van der Waals surface area (Å²) in [5.41, 5.74) is 2.47. The molecular weight excluding hydrogens is 266 g/mol. The Hall–Kier alpha value is -1.65. The second kappa shape index (κ2) is 7.96. The number of aryl methyl sites for hydroxylation is 1. The summed E-state index contributed by atoms with van der Waals surface area (Å²) in [6.45, 7) is 2.97. The van der Waals surface area contributed by atoms with Gasteiger partial charge in [-0.25, -0.2) is 9.97 Å². The van der Waals surface area contributed by atoms with E-state index in [2.05, 4.69) is 22.2 Å². The normalized spacial score (nSPS) is 15.3. The van der Waals surface area contributed by atoms with Gasteiger partial charge in [0.25, 0.3) is 0 Å². The smallest absolute Gasteiger partial charge is 0.303 e. The van der Waals surface area contributed by atoms with Gasteiger partial charge < -0.3 is 10.4 Å². The number of carboxylic acid groups (broad SMARTS) is 1. The molecule has 21 heavy (non-hydrogen) atoms. The number of carbonyl (C=O) groups is 1. The van der Waals surface area contributed by atoms with Gasteiger partial charge >= 0.3 is 5.97 Å². The summed E-state index contributed by atoms with van der Waals surface area (Å²) in [4.78, 5) is 19.4. The number of carboxylic acids is 1. The molecule has 2 rings (SSSR count). The van der Waals surface area contributed by atoms with Crippen molar-refractivity contribution in [1.82, 2.24) is 9.97 Å². The molecule has 1 aliphatic carbocycles. The van der Waals surface area contributed by atoms with E-state index in [0.29, 0.717) is 5.92 Å². The second-order valence-electron chi connectivity index (χ2n) is 5.78. The summed E-state index contributed by atoms with van der Waals surface area (Å²) < 4.78 is 0. The number of aliphatic carboxylic acids is 1. The van der Waals surface area contributed by atoms with Crippen molar-refractivity contribution in [3.05, 3.63) is 17.6 Å². The van der Waals surface area contributed by atoms with Gasteiger partial charge in [0.2, 0.25) is 0 Å². The van der Waals surface area contributed by atoms with E-state index >= 15 is 0 Å². The zero-order chi connectivity index (χ0) is 15.1. The van der Waals surface area contributed by atoms with Crippen LogP contribution in [0.5, 0.6) is 0 Å². The van der Waals surface area contributed by atoms with E-state index < -0.39 is 5.97 Å². The van der Waals surface area contributed by atoms with E-state index in [1.54, 1.807) is 6.33 Å². The zero-order valence-corrected chi connectivity index (χ0v) is 12.8. The van der Waals surface area contributed by atoms with Crippen LogP contribution >= 0.6 is 0 Å². The van der Waals surface area contributed by atoms with Gasteiger partial charge in [0.1, 0.15) is 12.1 Å². The van der Waals surface area contributed by atoms with E-state index in [9.17, 15) is 4.79 Å². The highest BCUT2D eigenvalue weighted by molar-refractivity contribution is 5.66. The lowest BCUT2D eigenvalue weighted by Crippen LogP contribution is -2.15. The van der Waals surface area contributed by atoms with Gasteiger partial charge in [0, 0.05) is 24.2 Å². The Morgan fingerprint density at radius 1 is 1.33 bits per heavy atom. The average molecular weight is 291 g/mol. The minimum atomic E-state index is -0.703. The number of rotatable bonds is 8. The van der Waals surface area contributed by atoms with Gasteiger partial charge in [-0.15, -0.1) is 0 Å². The number of nitrogens with zero attached hydrogens (tertiary/aromatic N) is 2. The van der Waals surface area contributed by atoms with Crippen LogP contribution in [0.4, 0.5) is 5.82 Å². The van der Waals surface area contributed by atoms with Crippen molar-refractivity contribution in [3.8, 4) is 0 Å². The molecule has 5 heteroatoms. The number of fused-ring (bicyclic) bond motifs is 1. The van der Waals surface area contributed by atoms with Crippen molar-refractivity contribution in [1.29, 1.82) is 0 Å². The molecule has 1 aromatic heterocycles. The van der Waals surface area contributed by atoms with Gasteiger partial charge in [-0.2, -0.15) is 0 Å². The number of nitrogens with one attached hydrogen (secondary N) is 1. The van der Waals surface area contributed by atoms with Crippen LogP contribution in [0.2, 0.25) is 0 Å². The molecular formula is C16H25N3O2. The Bertz CT molecular complexity index is 477. The predicted octanol–water partition coefficient (Wildman–Crippen LogP) is 3.05. The summed E-state index contributed by atoms with van der Waals surface area (Å²) in [5, 5.41) is 12.2. The molecule has 1 atom stereocenters. The maximum absolute atomic E-state index is 10.6. The molecule has 0 aliphatic heterocycles. The Balaban J connectivity index is 1.84. The molecule has 1 aromatic rings. The molecule has 0 spiro atoms. The number of anilines is 1. The monoisotopic (exact) mass is 291 g/mol. The highest BCUT2D eigenvalue weighted by atomic mass is 16.4. The van der Waals surface area contributed by atoms with Crippen LogP contribution in [-0.2, 0) is 17.6 Å². The number of hydrogen-bond donors (Lipinski definition) is 2. The molecule has 5 nitrogen and oxygen atoms in total. The van der Waals surface area contributed by atoms with Crippen molar-refractivity contribution in [2.45, 2.75) is 58.3 Å². The van der Waals surface area contributed by atoms with Gasteiger partial charge in [0.05, 0.1) is 0 Å². The molecule has 1 unspecified atom stereocenters. The lowest BCUT2D eigenvalue weighted by atomic mass is 9.95. The third-order valence-electron chi connectivity index (χ3n) is 4.31. The first kappa shape index (κ1) is 15.7. The first-order valence-electron chi connectivity index (χ1n) is 7.99. The molecule has 0 fully saturated rings. The van der Waals surface area contributed by atoms with E-state index in [0.717, 1.165) is 44.5 Å². The Morgan fingerprint density at radius 3 is 2.90 bits per heavy atom. The van der Waals surface area contributed by atoms with Gasteiger partial charge in [-0.05, 0) is 44.4 Å². The summed E-state index contributed by atoms with van der Waals surface area (Å²) in [5.74, 6) is 0.741. The Kier molecular flexibility index (Phi) is 5.96. The number of aromatic nitrogens is 2. The standard InChI is InChI=1S/C16H25N3O2/c1-2-12(7-8-15(20)21)9-10-17-16-13-5-3-4-6-14(13)18-11-19-16/h11-12H,2-10H2,1H3,(H,20,21)(H,17,18,19). The van der Waals surface area contributed by atoms with Crippen LogP contribution in [0.1, 0.15) is 56.7 Å². The van der Waals surface area contributed by atoms with Crippen molar-refractivity contribution in [3.63, 3.8) is 0 Å². The summed E-state index contributed by atoms with van der Waals surface area (Å²) in [6.07, 6.45) is 9.24. The molecule has 1 aliphatic rings. The van der Waals surface area contributed by atoms with Crippen LogP contribution < -0.4 is 5.32 Å². The summed E-state index contributed by atoms with van der Waals surface area (Å²) >= 11 is 0. The molecule has 0 amide bonds. The quantitative estimate of drug-likeness (QED) is 0.770. The van der Waals surface area contributed by atoms with Gasteiger partial charge in [-0.1, -0.05) is 13.3 Å². The molecule has 0 aromatic carbocycles. The van der Waals surface area contributed by atoms with Crippen LogP contribution in [0.3, 0.4) is 0 Å². The van der Waals surface area contributed by atoms with Crippen molar-refractivity contribution < 1.29 is 9.90 Å². The number of hydrogen-bond acceptors (Lipinski definition) is 4. The van der Waals surface area contributed by atoms with Crippen molar-refractivity contribution in [2.24, 2.45) is 5.92 Å². The van der Waals surface area contributed by atoms with E-state index in [1.807, 2.05) is 0 Å². The van der Waals surface area contributed by atoms with Crippen LogP contribution in [0, 0.1) is 5.92 Å². The average Bonchev–Trinajstić information content (AvgIpc) is 2.50. The predicted molar refractivity (Wildman–Crippen MR) is 82.4 cm³/mol. The molecule has 0 bridgehead atoms. The van der Waals surface area contributed by atoms with Crippen LogP contribution in [0.25, 0.3) is 0 Å². The molecule has 1 heterocycles. The largest absolute Gasteiger partial charge is 0.481 e. The molecule has 0 saturated heterocycles. The van der Waals surface area contributed by atoms with Crippen molar-refractivity contribution >= 4 is 11.8 Å². The minimum Gasteiger partial charge on any atom is -0.481 e. The van der Waals surface area contributed by atoms with Gasteiger partial charge in [-0.3, -0.25) is 4.79 Å². The fraction of sp³-hybridized carbons (Fsp3) is 0.688. The second-order valence-corrected chi connectivity index (χ2v) is 5.78. The van der Waals surface area contributed by atoms with Gasteiger partial charge in [0.15, 0.2) is 0 Å². The SMILES string of the molecule is CCC(CCNc1ncnc2c1CCCC2)CCC(=O)O. The lowest BCUT2D eigenvalue weighted by molar-refractivity contribution is -0.137. The van der Waals surface area contributed by atoms with E-state index in [1.165, 1.54) is 24.1 Å².